The summed E-state index contributed by atoms with van der Waals surface area (Å²) >= 11 is 0. The van der Waals surface area contributed by atoms with Crippen LogP contribution < -0.4 is 0 Å². The second-order valence-corrected chi connectivity index (χ2v) is 4.53. The van der Waals surface area contributed by atoms with Gasteiger partial charge in [-0.15, -0.1) is 0 Å². The van der Waals surface area contributed by atoms with Crippen molar-refractivity contribution in [3.05, 3.63) is 30.1 Å². The molecule has 0 atom stereocenters. The van der Waals surface area contributed by atoms with Crippen LogP contribution in [0.1, 0.15) is 12.2 Å². The van der Waals surface area contributed by atoms with Crippen molar-refractivity contribution in [3.8, 4) is 0 Å². The quantitative estimate of drug-likeness (QED) is 0.830. The smallest absolute Gasteiger partial charge is 0.325 e. The Balaban J connectivity index is 1.91. The van der Waals surface area contributed by atoms with Gasteiger partial charge in [-0.1, -0.05) is 12.1 Å². The van der Waals surface area contributed by atoms with E-state index >= 15 is 0 Å². The zero-order chi connectivity index (χ0) is 14.5. The van der Waals surface area contributed by atoms with E-state index in [0.29, 0.717) is 12.8 Å². The van der Waals surface area contributed by atoms with Crippen molar-refractivity contribution in [1.82, 2.24) is 14.9 Å². The first-order valence-corrected chi connectivity index (χ1v) is 6.34. The van der Waals surface area contributed by atoms with E-state index in [1.54, 1.807) is 7.05 Å². The van der Waals surface area contributed by atoms with E-state index in [4.69, 9.17) is 0 Å². The standard InChI is InChI=1S/C14H17N3O3/c1-17(9-14(19)20-2)13(18)8-7-12-15-10-5-3-4-6-11(10)16-12/h3-6H,7-9H2,1-2H3,(H,15,16). The summed E-state index contributed by atoms with van der Waals surface area (Å²) in [5.41, 5.74) is 1.84. The van der Waals surface area contributed by atoms with E-state index < -0.39 is 5.97 Å². The molecule has 1 heterocycles. The Hall–Kier alpha value is -2.37. The summed E-state index contributed by atoms with van der Waals surface area (Å²) in [6.07, 6.45) is 0.812. The number of hydrogen-bond donors (Lipinski definition) is 1. The number of likely N-dealkylation sites (N-methyl/N-ethyl adjacent to an activating group) is 1. The Morgan fingerprint density at radius 1 is 1.35 bits per heavy atom. The minimum atomic E-state index is -0.426. The van der Waals surface area contributed by atoms with E-state index in [1.807, 2.05) is 24.3 Å². The van der Waals surface area contributed by atoms with Crippen molar-refractivity contribution in [3.63, 3.8) is 0 Å². The Kier molecular flexibility index (Phi) is 4.34. The van der Waals surface area contributed by atoms with E-state index in [2.05, 4.69) is 14.7 Å². The number of ether oxygens (including phenoxy) is 1. The monoisotopic (exact) mass is 275 g/mol. The second-order valence-electron chi connectivity index (χ2n) is 4.53. The predicted molar refractivity (Wildman–Crippen MR) is 74.1 cm³/mol. The van der Waals surface area contributed by atoms with Crippen molar-refractivity contribution in [2.75, 3.05) is 20.7 Å². The maximum atomic E-state index is 11.9. The SMILES string of the molecule is COC(=O)CN(C)C(=O)CCc1nc2ccccc2[nH]1. The summed E-state index contributed by atoms with van der Waals surface area (Å²) in [7, 11) is 2.88. The van der Waals surface area contributed by atoms with Crippen LogP contribution in [0, 0.1) is 0 Å². The molecule has 0 radical (unpaired) electrons. The normalized spacial score (nSPS) is 10.5. The lowest BCUT2D eigenvalue weighted by atomic mass is 10.2. The molecule has 106 valence electrons. The van der Waals surface area contributed by atoms with Crippen LogP contribution in [0.4, 0.5) is 0 Å². The van der Waals surface area contributed by atoms with E-state index in [-0.39, 0.29) is 12.5 Å². The summed E-state index contributed by atoms with van der Waals surface area (Å²) in [5.74, 6) is 0.228. The number of methoxy groups -OCH3 is 1. The number of carbonyl (C=O) groups is 2. The number of fused-ring (bicyclic) bond motifs is 1. The zero-order valence-corrected chi connectivity index (χ0v) is 11.5. The number of aromatic nitrogens is 2. The molecule has 6 heteroatoms. The minimum absolute atomic E-state index is 0.0323. The summed E-state index contributed by atoms with van der Waals surface area (Å²) < 4.78 is 4.52. The summed E-state index contributed by atoms with van der Waals surface area (Å²) in [6.45, 7) is -0.0323. The molecule has 0 bridgehead atoms. The molecule has 2 rings (SSSR count). The maximum Gasteiger partial charge on any atom is 0.325 e. The molecule has 1 amide bonds. The predicted octanol–water partition coefficient (Wildman–Crippen LogP) is 1.13. The summed E-state index contributed by atoms with van der Waals surface area (Å²) in [4.78, 5) is 31.9. The van der Waals surface area contributed by atoms with Gasteiger partial charge in [0.1, 0.15) is 12.4 Å². The third kappa shape index (κ3) is 3.34. The van der Waals surface area contributed by atoms with E-state index in [9.17, 15) is 9.59 Å². The number of benzene rings is 1. The molecule has 0 saturated carbocycles. The number of nitrogens with zero attached hydrogens (tertiary/aromatic N) is 2. The van der Waals surface area contributed by atoms with Crippen LogP contribution in [-0.4, -0.2) is 47.4 Å². The molecule has 0 spiro atoms. The average molecular weight is 275 g/mol. The Labute approximate surface area is 116 Å². The molecule has 0 unspecified atom stereocenters. The van der Waals surface area contributed by atoms with Gasteiger partial charge in [0.15, 0.2) is 0 Å². The first-order valence-electron chi connectivity index (χ1n) is 6.34. The fourth-order valence-electron chi connectivity index (χ4n) is 1.89. The van der Waals surface area contributed by atoms with Crippen molar-refractivity contribution >= 4 is 22.9 Å². The number of rotatable bonds is 5. The highest BCUT2D eigenvalue weighted by molar-refractivity contribution is 5.82. The molecule has 6 nitrogen and oxygen atoms in total. The van der Waals surface area contributed by atoms with Crippen molar-refractivity contribution in [2.24, 2.45) is 0 Å². The topological polar surface area (TPSA) is 75.3 Å². The number of hydrogen-bond acceptors (Lipinski definition) is 4. The van der Waals surface area contributed by atoms with Crippen LogP contribution in [0.3, 0.4) is 0 Å². The summed E-state index contributed by atoms with van der Waals surface area (Å²) in [6, 6.07) is 7.71. The number of imidazole rings is 1. The highest BCUT2D eigenvalue weighted by atomic mass is 16.5. The first kappa shape index (κ1) is 14.0. The molecular formula is C14H17N3O3. The fourth-order valence-corrected chi connectivity index (χ4v) is 1.89. The second kappa shape index (κ2) is 6.18. The summed E-state index contributed by atoms with van der Waals surface area (Å²) in [5, 5.41) is 0. The van der Waals surface area contributed by atoms with Gasteiger partial charge < -0.3 is 14.6 Å². The number of H-pyrrole nitrogens is 1. The van der Waals surface area contributed by atoms with Crippen LogP contribution in [0.2, 0.25) is 0 Å². The molecule has 1 aromatic heterocycles. The number of para-hydroxylation sites is 2. The molecule has 0 fully saturated rings. The molecule has 0 aliphatic rings. The zero-order valence-electron chi connectivity index (χ0n) is 11.5. The number of aryl methyl sites for hydroxylation is 1. The van der Waals surface area contributed by atoms with E-state index in [1.165, 1.54) is 12.0 Å². The van der Waals surface area contributed by atoms with Crippen LogP contribution in [0.5, 0.6) is 0 Å². The lowest BCUT2D eigenvalue weighted by Crippen LogP contribution is -2.32. The molecule has 1 aromatic carbocycles. The lowest BCUT2D eigenvalue weighted by molar-refractivity contribution is -0.146. The van der Waals surface area contributed by atoms with Gasteiger partial charge in [0, 0.05) is 19.9 Å². The van der Waals surface area contributed by atoms with Gasteiger partial charge in [-0.05, 0) is 12.1 Å². The number of carbonyl (C=O) groups excluding carboxylic acids is 2. The Morgan fingerprint density at radius 2 is 2.10 bits per heavy atom. The number of aromatic amines is 1. The third-order valence-corrected chi connectivity index (χ3v) is 3.03. The van der Waals surface area contributed by atoms with Gasteiger partial charge in [-0.3, -0.25) is 9.59 Å². The largest absolute Gasteiger partial charge is 0.468 e. The Morgan fingerprint density at radius 3 is 2.80 bits per heavy atom. The minimum Gasteiger partial charge on any atom is -0.468 e. The fraction of sp³-hybridized carbons (Fsp3) is 0.357. The van der Waals surface area contributed by atoms with Gasteiger partial charge in [-0.25, -0.2) is 4.98 Å². The van der Waals surface area contributed by atoms with Gasteiger partial charge in [0.05, 0.1) is 18.1 Å². The molecule has 20 heavy (non-hydrogen) atoms. The van der Waals surface area contributed by atoms with E-state index in [0.717, 1.165) is 16.9 Å². The molecule has 0 aliphatic heterocycles. The average Bonchev–Trinajstić information content (AvgIpc) is 2.87. The van der Waals surface area contributed by atoms with Gasteiger partial charge in [-0.2, -0.15) is 0 Å². The number of esters is 1. The number of nitrogens with one attached hydrogen (secondary N) is 1. The molecule has 2 aromatic rings. The maximum absolute atomic E-state index is 11.9. The van der Waals surface area contributed by atoms with Crippen LogP contribution in [0.25, 0.3) is 11.0 Å². The Bertz CT molecular complexity index is 588. The third-order valence-electron chi connectivity index (χ3n) is 3.03. The van der Waals surface area contributed by atoms with Crippen molar-refractivity contribution in [1.29, 1.82) is 0 Å². The first-order chi connectivity index (χ1) is 9.60. The molecule has 0 aliphatic carbocycles. The van der Waals surface area contributed by atoms with Crippen molar-refractivity contribution < 1.29 is 14.3 Å². The van der Waals surface area contributed by atoms with Gasteiger partial charge in [0.2, 0.25) is 5.91 Å². The highest BCUT2D eigenvalue weighted by Crippen LogP contribution is 2.11. The lowest BCUT2D eigenvalue weighted by Gasteiger charge is -2.14. The molecular weight excluding hydrogens is 258 g/mol. The van der Waals surface area contributed by atoms with Crippen LogP contribution >= 0.6 is 0 Å². The molecule has 1 N–H and O–H groups in total. The van der Waals surface area contributed by atoms with Crippen LogP contribution in [0.15, 0.2) is 24.3 Å². The highest BCUT2D eigenvalue weighted by Gasteiger charge is 2.13. The van der Waals surface area contributed by atoms with Crippen molar-refractivity contribution in [2.45, 2.75) is 12.8 Å². The molecule has 0 saturated heterocycles. The van der Waals surface area contributed by atoms with Gasteiger partial charge in [0.25, 0.3) is 0 Å². The van der Waals surface area contributed by atoms with Crippen LogP contribution in [-0.2, 0) is 20.7 Å². The van der Waals surface area contributed by atoms with Gasteiger partial charge >= 0.3 is 5.97 Å². The number of amides is 1.